The number of aromatic nitrogens is 1. The zero-order valence-corrected chi connectivity index (χ0v) is 13.3. The van der Waals surface area contributed by atoms with Gasteiger partial charge in [-0.2, -0.15) is 13.2 Å². The molecule has 4 nitrogen and oxygen atoms in total. The van der Waals surface area contributed by atoms with Crippen molar-refractivity contribution in [2.24, 2.45) is 0 Å². The molecule has 0 radical (unpaired) electrons. The Labute approximate surface area is 146 Å². The molecular formula is C19H13F3N2O2. The summed E-state index contributed by atoms with van der Waals surface area (Å²) >= 11 is 0. The van der Waals surface area contributed by atoms with Crippen LogP contribution in [0, 0.1) is 0 Å². The van der Waals surface area contributed by atoms with Gasteiger partial charge in [0.25, 0.3) is 11.5 Å². The second-order valence-corrected chi connectivity index (χ2v) is 5.49. The molecule has 3 aromatic rings. The lowest BCUT2D eigenvalue weighted by Crippen LogP contribution is -2.19. The molecule has 0 unspecified atom stereocenters. The first-order chi connectivity index (χ1) is 12.3. The zero-order valence-electron chi connectivity index (χ0n) is 13.3. The first kappa shape index (κ1) is 17.5. The van der Waals surface area contributed by atoms with Crippen molar-refractivity contribution in [3.8, 4) is 5.69 Å². The number of hydrogen-bond acceptors (Lipinski definition) is 2. The molecule has 26 heavy (non-hydrogen) atoms. The molecule has 0 aliphatic rings. The Morgan fingerprint density at radius 3 is 2.35 bits per heavy atom. The van der Waals surface area contributed by atoms with Crippen LogP contribution in [-0.2, 0) is 6.18 Å². The SMILES string of the molecule is O=C(Nc1ccc(=O)n(-c2ccccc2)c1)c1cccc(C(F)(F)F)c1. The number of carbonyl (C=O) groups excluding carboxylic acids is 1. The van der Waals surface area contributed by atoms with E-state index in [1.807, 2.05) is 0 Å². The molecule has 1 N–H and O–H groups in total. The Balaban J connectivity index is 1.88. The van der Waals surface area contributed by atoms with Crippen LogP contribution < -0.4 is 10.9 Å². The number of hydrogen-bond donors (Lipinski definition) is 1. The van der Waals surface area contributed by atoms with Crippen molar-refractivity contribution in [3.63, 3.8) is 0 Å². The second kappa shape index (κ2) is 6.87. The molecule has 1 aromatic heterocycles. The maximum absolute atomic E-state index is 12.8. The fraction of sp³-hybridized carbons (Fsp3) is 0.0526. The van der Waals surface area contributed by atoms with E-state index in [1.165, 1.54) is 35.0 Å². The summed E-state index contributed by atoms with van der Waals surface area (Å²) in [6, 6.07) is 15.6. The normalized spacial score (nSPS) is 11.2. The number of benzene rings is 2. The van der Waals surface area contributed by atoms with E-state index in [1.54, 1.807) is 30.3 Å². The highest BCUT2D eigenvalue weighted by atomic mass is 19.4. The van der Waals surface area contributed by atoms with Gasteiger partial charge in [0.1, 0.15) is 0 Å². The molecule has 0 bridgehead atoms. The first-order valence-corrected chi connectivity index (χ1v) is 7.61. The maximum Gasteiger partial charge on any atom is 0.416 e. The zero-order chi connectivity index (χ0) is 18.7. The minimum atomic E-state index is -4.53. The van der Waals surface area contributed by atoms with Crippen LogP contribution in [-0.4, -0.2) is 10.5 Å². The number of nitrogens with zero attached hydrogens (tertiary/aromatic N) is 1. The predicted octanol–water partition coefficient (Wildman–Crippen LogP) is 4.11. The number of pyridine rings is 1. The van der Waals surface area contributed by atoms with Gasteiger partial charge in [0.2, 0.25) is 0 Å². The average Bonchev–Trinajstić information content (AvgIpc) is 2.63. The molecule has 0 spiro atoms. The maximum atomic E-state index is 12.8. The van der Waals surface area contributed by atoms with Crippen LogP contribution in [0.25, 0.3) is 5.69 Å². The number of rotatable bonds is 3. The molecule has 0 saturated carbocycles. The summed E-state index contributed by atoms with van der Waals surface area (Å²) < 4.78 is 39.7. The predicted molar refractivity (Wildman–Crippen MR) is 91.4 cm³/mol. The third-order valence-electron chi connectivity index (χ3n) is 3.66. The lowest BCUT2D eigenvalue weighted by atomic mass is 10.1. The summed E-state index contributed by atoms with van der Waals surface area (Å²) in [4.78, 5) is 24.3. The highest BCUT2D eigenvalue weighted by molar-refractivity contribution is 6.04. The number of halogens is 3. The summed E-state index contributed by atoms with van der Waals surface area (Å²) in [6.07, 6.45) is -3.11. The van der Waals surface area contributed by atoms with Gasteiger partial charge in [-0.1, -0.05) is 24.3 Å². The fourth-order valence-electron chi connectivity index (χ4n) is 2.39. The molecule has 0 saturated heterocycles. The molecule has 0 aliphatic heterocycles. The summed E-state index contributed by atoms with van der Waals surface area (Å²) in [5.74, 6) is -0.700. The van der Waals surface area contributed by atoms with Gasteiger partial charge >= 0.3 is 6.18 Å². The van der Waals surface area contributed by atoms with E-state index in [-0.39, 0.29) is 16.8 Å². The summed E-state index contributed by atoms with van der Waals surface area (Å²) in [5, 5.41) is 2.51. The third kappa shape index (κ3) is 3.83. The smallest absolute Gasteiger partial charge is 0.321 e. The number of alkyl halides is 3. The van der Waals surface area contributed by atoms with Crippen LogP contribution in [0.1, 0.15) is 15.9 Å². The highest BCUT2D eigenvalue weighted by Gasteiger charge is 2.30. The molecule has 7 heteroatoms. The van der Waals surface area contributed by atoms with Crippen LogP contribution in [0.4, 0.5) is 18.9 Å². The van der Waals surface area contributed by atoms with E-state index in [2.05, 4.69) is 5.32 Å². The van der Waals surface area contributed by atoms with Crippen molar-refractivity contribution in [1.29, 1.82) is 0 Å². The van der Waals surface area contributed by atoms with Crippen LogP contribution in [0.15, 0.2) is 77.7 Å². The number of carbonyl (C=O) groups is 1. The van der Waals surface area contributed by atoms with Crippen molar-refractivity contribution in [1.82, 2.24) is 4.57 Å². The highest BCUT2D eigenvalue weighted by Crippen LogP contribution is 2.29. The molecule has 0 aliphatic carbocycles. The van der Waals surface area contributed by atoms with Crippen molar-refractivity contribution in [2.75, 3.05) is 5.32 Å². The number of para-hydroxylation sites is 1. The number of nitrogens with one attached hydrogen (secondary N) is 1. The molecule has 0 fully saturated rings. The summed E-state index contributed by atoms with van der Waals surface area (Å²) in [7, 11) is 0. The van der Waals surface area contributed by atoms with Crippen LogP contribution in [0.2, 0.25) is 0 Å². The minimum absolute atomic E-state index is 0.128. The summed E-state index contributed by atoms with van der Waals surface area (Å²) in [5.41, 5.74) is -0.437. The van der Waals surface area contributed by atoms with E-state index < -0.39 is 17.6 Å². The van der Waals surface area contributed by atoms with Crippen molar-refractivity contribution in [3.05, 3.63) is 94.4 Å². The van der Waals surface area contributed by atoms with Crippen molar-refractivity contribution >= 4 is 11.6 Å². The Morgan fingerprint density at radius 1 is 0.923 bits per heavy atom. The average molecular weight is 358 g/mol. The van der Waals surface area contributed by atoms with Gasteiger partial charge in [0.05, 0.1) is 11.3 Å². The first-order valence-electron chi connectivity index (χ1n) is 7.61. The van der Waals surface area contributed by atoms with Gasteiger partial charge < -0.3 is 5.32 Å². The lowest BCUT2D eigenvalue weighted by molar-refractivity contribution is -0.137. The third-order valence-corrected chi connectivity index (χ3v) is 3.66. The molecule has 3 rings (SSSR count). The van der Waals surface area contributed by atoms with E-state index in [4.69, 9.17) is 0 Å². The molecular weight excluding hydrogens is 345 g/mol. The van der Waals surface area contributed by atoms with Gasteiger partial charge in [0, 0.05) is 23.5 Å². The Kier molecular flexibility index (Phi) is 4.62. The van der Waals surface area contributed by atoms with Gasteiger partial charge in [-0.15, -0.1) is 0 Å². The Hall–Kier alpha value is -3.35. The lowest BCUT2D eigenvalue weighted by Gasteiger charge is -2.11. The number of anilines is 1. The monoisotopic (exact) mass is 358 g/mol. The van der Waals surface area contributed by atoms with Gasteiger partial charge in [-0.25, -0.2) is 0 Å². The molecule has 132 valence electrons. The minimum Gasteiger partial charge on any atom is -0.321 e. The topological polar surface area (TPSA) is 51.1 Å². The largest absolute Gasteiger partial charge is 0.416 e. The van der Waals surface area contributed by atoms with Crippen molar-refractivity contribution < 1.29 is 18.0 Å². The Morgan fingerprint density at radius 2 is 1.65 bits per heavy atom. The van der Waals surface area contributed by atoms with Crippen LogP contribution in [0.3, 0.4) is 0 Å². The quantitative estimate of drug-likeness (QED) is 0.766. The summed E-state index contributed by atoms with van der Waals surface area (Å²) in [6.45, 7) is 0. The molecule has 1 amide bonds. The standard InChI is InChI=1S/C19H13F3N2O2/c20-19(21,22)14-6-4-5-13(11-14)18(26)23-15-9-10-17(25)24(12-15)16-7-2-1-3-8-16/h1-12H,(H,23,26). The molecule has 2 aromatic carbocycles. The Bertz CT molecular complexity index is 995. The molecule has 1 heterocycles. The second-order valence-electron chi connectivity index (χ2n) is 5.49. The van der Waals surface area contributed by atoms with Crippen molar-refractivity contribution in [2.45, 2.75) is 6.18 Å². The van der Waals surface area contributed by atoms with Gasteiger partial charge in [-0.05, 0) is 36.4 Å². The number of amides is 1. The van der Waals surface area contributed by atoms with Crippen LogP contribution >= 0.6 is 0 Å². The molecule has 0 atom stereocenters. The van der Waals surface area contributed by atoms with Crippen LogP contribution in [0.5, 0.6) is 0 Å². The van der Waals surface area contributed by atoms with E-state index in [0.29, 0.717) is 5.69 Å². The van der Waals surface area contributed by atoms with Gasteiger partial charge in [0.15, 0.2) is 0 Å². The van der Waals surface area contributed by atoms with Gasteiger partial charge in [-0.3, -0.25) is 14.2 Å². The van der Waals surface area contributed by atoms with E-state index in [9.17, 15) is 22.8 Å². The van der Waals surface area contributed by atoms with E-state index in [0.717, 1.165) is 12.1 Å². The fourth-order valence-corrected chi connectivity index (χ4v) is 2.39. The van der Waals surface area contributed by atoms with E-state index >= 15 is 0 Å².